The molecule has 12 heavy (non-hydrogen) atoms. The second-order valence-electron chi connectivity index (χ2n) is 4.42. The zero-order chi connectivity index (χ0) is 9.99. The van der Waals surface area contributed by atoms with Gasteiger partial charge in [-0.05, 0) is 17.8 Å². The maximum Gasteiger partial charge on any atom is 0.389 e. The fourth-order valence-electron chi connectivity index (χ4n) is 0.813. The first-order valence-corrected chi connectivity index (χ1v) is 4.19. The number of rotatable bonds is 2. The Morgan fingerprint density at radius 2 is 1.50 bits per heavy atom. The summed E-state index contributed by atoms with van der Waals surface area (Å²) in [4.78, 5) is 0. The van der Waals surface area contributed by atoms with Gasteiger partial charge < -0.3 is 0 Å². The lowest BCUT2D eigenvalue weighted by Crippen LogP contribution is -2.20. The first kappa shape index (κ1) is 11.8. The van der Waals surface area contributed by atoms with E-state index in [4.69, 9.17) is 0 Å². The molecule has 0 heterocycles. The average molecular weight is 182 g/mol. The van der Waals surface area contributed by atoms with Crippen LogP contribution in [0.2, 0.25) is 0 Å². The molecule has 0 fully saturated rings. The molecule has 0 rings (SSSR count). The van der Waals surface area contributed by atoms with Gasteiger partial charge in [-0.2, -0.15) is 13.2 Å². The molecule has 0 aliphatic rings. The van der Waals surface area contributed by atoms with E-state index in [0.29, 0.717) is 0 Å². The molecule has 0 radical (unpaired) electrons. The Kier molecular flexibility index (Phi) is 3.60. The van der Waals surface area contributed by atoms with Crippen LogP contribution in [0, 0.1) is 11.3 Å². The van der Waals surface area contributed by atoms with Crippen LogP contribution in [0.3, 0.4) is 0 Å². The van der Waals surface area contributed by atoms with Crippen molar-refractivity contribution in [2.45, 2.75) is 46.7 Å². The normalized spacial score (nSPS) is 16.2. The SMILES string of the molecule is C[C@H](CCC(F)(F)F)C(C)(C)C. The first-order valence-electron chi connectivity index (χ1n) is 4.19. The van der Waals surface area contributed by atoms with Gasteiger partial charge >= 0.3 is 6.18 Å². The van der Waals surface area contributed by atoms with Crippen molar-refractivity contribution in [2.24, 2.45) is 11.3 Å². The van der Waals surface area contributed by atoms with Crippen LogP contribution in [-0.2, 0) is 0 Å². The molecule has 0 N–H and O–H groups in total. The van der Waals surface area contributed by atoms with E-state index in [2.05, 4.69) is 0 Å². The summed E-state index contributed by atoms with van der Waals surface area (Å²) in [5, 5.41) is 0. The zero-order valence-corrected chi connectivity index (χ0v) is 8.13. The molecular formula is C9H17F3. The molecule has 0 aromatic heterocycles. The first-order chi connectivity index (χ1) is 5.13. The number of hydrogen-bond donors (Lipinski definition) is 0. The van der Waals surface area contributed by atoms with Gasteiger partial charge in [0.2, 0.25) is 0 Å². The van der Waals surface area contributed by atoms with Crippen molar-refractivity contribution < 1.29 is 13.2 Å². The second kappa shape index (κ2) is 3.67. The van der Waals surface area contributed by atoms with Gasteiger partial charge in [-0.1, -0.05) is 27.7 Å². The van der Waals surface area contributed by atoms with Crippen molar-refractivity contribution in [1.29, 1.82) is 0 Å². The third-order valence-electron chi connectivity index (χ3n) is 2.34. The van der Waals surface area contributed by atoms with Crippen molar-refractivity contribution in [2.75, 3.05) is 0 Å². The molecule has 0 nitrogen and oxygen atoms in total. The van der Waals surface area contributed by atoms with Gasteiger partial charge in [0.05, 0.1) is 0 Å². The van der Waals surface area contributed by atoms with Crippen LogP contribution >= 0.6 is 0 Å². The van der Waals surface area contributed by atoms with Crippen molar-refractivity contribution in [3.63, 3.8) is 0 Å². The molecule has 0 bridgehead atoms. The Balaban J connectivity index is 3.80. The van der Waals surface area contributed by atoms with Crippen LogP contribution in [0.15, 0.2) is 0 Å². The third-order valence-corrected chi connectivity index (χ3v) is 2.34. The highest BCUT2D eigenvalue weighted by Crippen LogP contribution is 2.32. The summed E-state index contributed by atoms with van der Waals surface area (Å²) in [6, 6.07) is 0. The van der Waals surface area contributed by atoms with Gasteiger partial charge in [-0.15, -0.1) is 0 Å². The zero-order valence-electron chi connectivity index (χ0n) is 8.13. The summed E-state index contributed by atoms with van der Waals surface area (Å²) in [7, 11) is 0. The minimum absolute atomic E-state index is 0.0226. The fourth-order valence-corrected chi connectivity index (χ4v) is 0.813. The van der Waals surface area contributed by atoms with E-state index in [0.717, 1.165) is 0 Å². The van der Waals surface area contributed by atoms with E-state index in [9.17, 15) is 13.2 Å². The topological polar surface area (TPSA) is 0 Å². The molecule has 3 heteroatoms. The average Bonchev–Trinajstić information content (AvgIpc) is 1.78. The van der Waals surface area contributed by atoms with Gasteiger partial charge in [0.1, 0.15) is 0 Å². The minimum atomic E-state index is -4.00. The summed E-state index contributed by atoms with van der Waals surface area (Å²) in [5.74, 6) is 0.110. The van der Waals surface area contributed by atoms with Crippen molar-refractivity contribution in [3.8, 4) is 0 Å². The Hall–Kier alpha value is -0.210. The van der Waals surface area contributed by atoms with Crippen LogP contribution in [0.1, 0.15) is 40.5 Å². The third kappa shape index (κ3) is 5.44. The Bertz CT molecular complexity index is 130. The molecule has 0 aromatic carbocycles. The highest BCUT2D eigenvalue weighted by Gasteiger charge is 2.30. The standard InChI is InChI=1S/C9H17F3/c1-7(8(2,3)4)5-6-9(10,11)12/h7H,5-6H2,1-4H3/t7-/m1/s1. The monoisotopic (exact) mass is 182 g/mol. The van der Waals surface area contributed by atoms with Gasteiger partial charge in [-0.3, -0.25) is 0 Å². The maximum atomic E-state index is 11.8. The molecule has 0 amide bonds. The van der Waals surface area contributed by atoms with Crippen molar-refractivity contribution >= 4 is 0 Å². The molecule has 0 unspecified atom stereocenters. The van der Waals surface area contributed by atoms with E-state index in [1.807, 2.05) is 27.7 Å². The lowest BCUT2D eigenvalue weighted by atomic mass is 9.79. The molecule has 0 aliphatic heterocycles. The Labute approximate surface area is 72.2 Å². The van der Waals surface area contributed by atoms with E-state index < -0.39 is 12.6 Å². The van der Waals surface area contributed by atoms with Crippen LogP contribution < -0.4 is 0 Å². The molecule has 1 atom stereocenters. The maximum absolute atomic E-state index is 11.8. The summed E-state index contributed by atoms with van der Waals surface area (Å²) in [6.45, 7) is 7.77. The van der Waals surface area contributed by atoms with Crippen molar-refractivity contribution in [3.05, 3.63) is 0 Å². The second-order valence-corrected chi connectivity index (χ2v) is 4.42. The quantitative estimate of drug-likeness (QED) is 0.605. The highest BCUT2D eigenvalue weighted by atomic mass is 19.4. The Morgan fingerprint density at radius 1 is 1.08 bits per heavy atom. The number of hydrogen-bond acceptors (Lipinski definition) is 0. The van der Waals surface area contributed by atoms with Gasteiger partial charge in [0.25, 0.3) is 0 Å². The van der Waals surface area contributed by atoms with Crippen molar-refractivity contribution in [1.82, 2.24) is 0 Å². The lowest BCUT2D eigenvalue weighted by Gasteiger charge is -2.27. The molecule has 0 aliphatic carbocycles. The summed E-state index contributed by atoms with van der Waals surface area (Å²) in [6.07, 6.45) is -4.43. The van der Waals surface area contributed by atoms with E-state index in [-0.39, 0.29) is 17.8 Å². The van der Waals surface area contributed by atoms with E-state index >= 15 is 0 Å². The Morgan fingerprint density at radius 3 is 1.75 bits per heavy atom. The molecule has 74 valence electrons. The van der Waals surface area contributed by atoms with E-state index in [1.54, 1.807) is 0 Å². The van der Waals surface area contributed by atoms with E-state index in [1.165, 1.54) is 0 Å². The minimum Gasteiger partial charge on any atom is -0.171 e. The summed E-state index contributed by atoms with van der Waals surface area (Å²) < 4.78 is 35.4. The molecule has 0 saturated heterocycles. The van der Waals surface area contributed by atoms with Crippen LogP contribution in [0.5, 0.6) is 0 Å². The lowest BCUT2D eigenvalue weighted by molar-refractivity contribution is -0.138. The molecule has 0 saturated carbocycles. The van der Waals surface area contributed by atoms with Crippen LogP contribution in [0.4, 0.5) is 13.2 Å². The summed E-state index contributed by atoms with van der Waals surface area (Å²) >= 11 is 0. The smallest absolute Gasteiger partial charge is 0.171 e. The predicted octanol–water partition coefficient (Wildman–Crippen LogP) is 4.01. The van der Waals surface area contributed by atoms with Crippen LogP contribution in [0.25, 0.3) is 0 Å². The largest absolute Gasteiger partial charge is 0.389 e. The number of alkyl halides is 3. The van der Waals surface area contributed by atoms with Gasteiger partial charge in [0, 0.05) is 6.42 Å². The van der Waals surface area contributed by atoms with Gasteiger partial charge in [-0.25, -0.2) is 0 Å². The number of halogens is 3. The molecule has 0 spiro atoms. The van der Waals surface area contributed by atoms with Gasteiger partial charge in [0.15, 0.2) is 0 Å². The fraction of sp³-hybridized carbons (Fsp3) is 1.00. The predicted molar refractivity (Wildman–Crippen MR) is 43.9 cm³/mol. The molecular weight excluding hydrogens is 165 g/mol. The highest BCUT2D eigenvalue weighted by molar-refractivity contribution is 4.70. The molecule has 0 aromatic rings. The van der Waals surface area contributed by atoms with Crippen LogP contribution in [-0.4, -0.2) is 6.18 Å². The summed E-state index contributed by atoms with van der Waals surface area (Å²) in [5.41, 5.74) is -0.0226.